The lowest BCUT2D eigenvalue weighted by Gasteiger charge is -2.25. The van der Waals surface area contributed by atoms with Gasteiger partial charge < -0.3 is 0 Å². The van der Waals surface area contributed by atoms with Crippen molar-refractivity contribution in [2.45, 2.75) is 33.1 Å². The molecule has 2 heterocycles. The van der Waals surface area contributed by atoms with Crippen molar-refractivity contribution in [3.8, 4) is 10.4 Å². The number of ketones is 1. The highest BCUT2D eigenvalue weighted by atomic mass is 32.1. The molecule has 0 spiro atoms. The maximum atomic E-state index is 12.6. The van der Waals surface area contributed by atoms with Crippen molar-refractivity contribution in [2.24, 2.45) is 0 Å². The van der Waals surface area contributed by atoms with Crippen LogP contribution in [0.4, 0.5) is 0 Å². The van der Waals surface area contributed by atoms with Crippen molar-refractivity contribution in [3.63, 3.8) is 0 Å². The summed E-state index contributed by atoms with van der Waals surface area (Å²) in [6.07, 6.45) is 3.76. The Labute approximate surface area is 136 Å². The van der Waals surface area contributed by atoms with Gasteiger partial charge in [0.15, 0.2) is 5.78 Å². The molecule has 116 valence electrons. The molecular formula is C19H23NOS. The molecular weight excluding hydrogens is 290 g/mol. The predicted octanol–water partition coefficient (Wildman–Crippen LogP) is 4.70. The molecule has 0 saturated carbocycles. The number of thiophene rings is 1. The van der Waals surface area contributed by atoms with Gasteiger partial charge in [-0.2, -0.15) is 0 Å². The Morgan fingerprint density at radius 1 is 1.09 bits per heavy atom. The van der Waals surface area contributed by atoms with Gasteiger partial charge in [0, 0.05) is 15.3 Å². The van der Waals surface area contributed by atoms with Crippen LogP contribution in [0.15, 0.2) is 30.3 Å². The van der Waals surface area contributed by atoms with E-state index in [0.717, 1.165) is 23.5 Å². The lowest BCUT2D eigenvalue weighted by atomic mass is 10.1. The summed E-state index contributed by atoms with van der Waals surface area (Å²) >= 11 is 1.72. The van der Waals surface area contributed by atoms with Gasteiger partial charge in [-0.25, -0.2) is 0 Å². The summed E-state index contributed by atoms with van der Waals surface area (Å²) in [5.74, 6) is 0.272. The Kier molecular flexibility index (Phi) is 4.74. The smallest absolute Gasteiger partial charge is 0.177 e. The minimum atomic E-state index is 0.272. The van der Waals surface area contributed by atoms with Crippen LogP contribution in [0.1, 0.15) is 40.1 Å². The Morgan fingerprint density at radius 2 is 1.77 bits per heavy atom. The van der Waals surface area contributed by atoms with E-state index in [9.17, 15) is 4.79 Å². The number of hydrogen-bond donors (Lipinski definition) is 0. The summed E-state index contributed by atoms with van der Waals surface area (Å²) in [7, 11) is 0. The number of carbonyl (C=O) groups is 1. The molecule has 2 aromatic rings. The molecule has 0 amide bonds. The highest BCUT2D eigenvalue weighted by Crippen LogP contribution is 2.31. The van der Waals surface area contributed by atoms with Gasteiger partial charge in [-0.15, -0.1) is 11.3 Å². The van der Waals surface area contributed by atoms with Gasteiger partial charge in [0.2, 0.25) is 0 Å². The molecule has 1 aliphatic rings. The maximum absolute atomic E-state index is 12.6. The lowest BCUT2D eigenvalue weighted by molar-refractivity contribution is 0.0915. The fraction of sp³-hybridized carbons (Fsp3) is 0.421. The van der Waals surface area contributed by atoms with Crippen LogP contribution in [-0.2, 0) is 0 Å². The van der Waals surface area contributed by atoms with Crippen molar-refractivity contribution in [1.82, 2.24) is 4.90 Å². The van der Waals surface area contributed by atoms with Crippen molar-refractivity contribution in [3.05, 3.63) is 46.3 Å². The molecule has 1 aromatic heterocycles. The van der Waals surface area contributed by atoms with Crippen LogP contribution in [0.25, 0.3) is 10.4 Å². The summed E-state index contributed by atoms with van der Waals surface area (Å²) in [4.78, 5) is 17.2. The van der Waals surface area contributed by atoms with Gasteiger partial charge in [0.05, 0.1) is 6.54 Å². The van der Waals surface area contributed by atoms with E-state index >= 15 is 0 Å². The van der Waals surface area contributed by atoms with Gasteiger partial charge in [0.1, 0.15) is 0 Å². The van der Waals surface area contributed by atoms with E-state index in [4.69, 9.17) is 0 Å². The van der Waals surface area contributed by atoms with Crippen molar-refractivity contribution < 1.29 is 4.79 Å². The highest BCUT2D eigenvalue weighted by molar-refractivity contribution is 7.15. The fourth-order valence-electron chi connectivity index (χ4n) is 3.02. The van der Waals surface area contributed by atoms with E-state index in [2.05, 4.69) is 49.1 Å². The van der Waals surface area contributed by atoms with Crippen molar-refractivity contribution in [2.75, 3.05) is 19.6 Å². The molecule has 22 heavy (non-hydrogen) atoms. The van der Waals surface area contributed by atoms with Crippen LogP contribution in [0.5, 0.6) is 0 Å². The zero-order valence-corrected chi connectivity index (χ0v) is 14.2. The Bertz CT molecular complexity index is 651. The minimum absolute atomic E-state index is 0.272. The molecule has 2 nitrogen and oxygen atoms in total. The highest BCUT2D eigenvalue weighted by Gasteiger charge is 2.18. The van der Waals surface area contributed by atoms with Crippen molar-refractivity contribution >= 4 is 17.1 Å². The topological polar surface area (TPSA) is 20.3 Å². The monoisotopic (exact) mass is 313 g/mol. The Morgan fingerprint density at radius 3 is 2.45 bits per heavy atom. The van der Waals surface area contributed by atoms with Crippen LogP contribution < -0.4 is 0 Å². The fourth-order valence-corrected chi connectivity index (χ4v) is 4.07. The van der Waals surface area contributed by atoms with Gasteiger partial charge in [0.25, 0.3) is 0 Å². The van der Waals surface area contributed by atoms with Crippen LogP contribution in [0, 0.1) is 13.8 Å². The Hall–Kier alpha value is -1.45. The Balaban J connectivity index is 1.76. The summed E-state index contributed by atoms with van der Waals surface area (Å²) < 4.78 is 0. The third-order valence-corrected chi connectivity index (χ3v) is 5.47. The van der Waals surface area contributed by atoms with Gasteiger partial charge >= 0.3 is 0 Å². The first-order chi connectivity index (χ1) is 10.6. The minimum Gasteiger partial charge on any atom is -0.296 e. The molecule has 0 atom stereocenters. The van der Waals surface area contributed by atoms with E-state index < -0.39 is 0 Å². The second-order valence-corrected chi connectivity index (χ2v) is 7.46. The first-order valence-corrected chi connectivity index (χ1v) is 8.88. The normalized spacial score (nSPS) is 15.9. The second kappa shape index (κ2) is 6.76. The van der Waals surface area contributed by atoms with E-state index in [1.54, 1.807) is 11.3 Å². The number of hydrogen-bond acceptors (Lipinski definition) is 3. The van der Waals surface area contributed by atoms with Crippen LogP contribution >= 0.6 is 11.3 Å². The van der Waals surface area contributed by atoms with Gasteiger partial charge in [-0.1, -0.05) is 36.2 Å². The molecule has 1 aromatic carbocycles. The van der Waals surface area contributed by atoms with E-state index in [0.29, 0.717) is 6.54 Å². The standard InChI is InChI=1S/C19H23NOS/c1-14-6-8-16(9-7-14)19-12-17(15(2)22-19)18(21)13-20-10-4-3-5-11-20/h6-9,12H,3-5,10-11,13H2,1-2H3. The molecule has 1 saturated heterocycles. The molecule has 3 heteroatoms. The third-order valence-electron chi connectivity index (χ3n) is 4.37. The average molecular weight is 313 g/mol. The predicted molar refractivity (Wildman–Crippen MR) is 93.9 cm³/mol. The molecule has 1 fully saturated rings. The van der Waals surface area contributed by atoms with E-state index in [-0.39, 0.29) is 5.78 Å². The van der Waals surface area contributed by atoms with Gasteiger partial charge in [-0.05, 0) is 51.4 Å². The molecule has 0 aliphatic carbocycles. The first-order valence-electron chi connectivity index (χ1n) is 8.06. The molecule has 0 radical (unpaired) electrons. The summed E-state index contributed by atoms with van der Waals surface area (Å²) in [5.41, 5.74) is 3.38. The number of Topliss-reactive ketones (excluding diaryl/α,β-unsaturated/α-hetero) is 1. The molecule has 0 unspecified atom stereocenters. The summed E-state index contributed by atoms with van der Waals surface area (Å²) in [5, 5.41) is 0. The largest absolute Gasteiger partial charge is 0.296 e. The number of carbonyl (C=O) groups excluding carboxylic acids is 1. The van der Waals surface area contributed by atoms with E-state index in [1.165, 1.54) is 35.3 Å². The number of rotatable bonds is 4. The zero-order chi connectivity index (χ0) is 15.5. The zero-order valence-electron chi connectivity index (χ0n) is 13.4. The summed E-state index contributed by atoms with van der Waals surface area (Å²) in [6, 6.07) is 10.6. The number of benzene rings is 1. The molecule has 0 bridgehead atoms. The number of aryl methyl sites for hydroxylation is 2. The first kappa shape index (κ1) is 15.4. The lowest BCUT2D eigenvalue weighted by Crippen LogP contribution is -2.34. The number of piperidine rings is 1. The molecule has 1 aliphatic heterocycles. The second-order valence-electron chi connectivity index (χ2n) is 6.21. The van der Waals surface area contributed by atoms with Gasteiger partial charge in [-0.3, -0.25) is 9.69 Å². The quantitative estimate of drug-likeness (QED) is 0.763. The SMILES string of the molecule is Cc1ccc(-c2cc(C(=O)CN3CCCCC3)c(C)s2)cc1. The molecule has 0 N–H and O–H groups in total. The van der Waals surface area contributed by atoms with Crippen LogP contribution in [0.3, 0.4) is 0 Å². The van der Waals surface area contributed by atoms with Crippen LogP contribution in [-0.4, -0.2) is 30.3 Å². The number of likely N-dealkylation sites (tertiary alicyclic amines) is 1. The third kappa shape index (κ3) is 3.47. The summed E-state index contributed by atoms with van der Waals surface area (Å²) in [6.45, 7) is 6.87. The van der Waals surface area contributed by atoms with E-state index in [1.807, 2.05) is 0 Å². The van der Waals surface area contributed by atoms with Crippen LogP contribution in [0.2, 0.25) is 0 Å². The average Bonchev–Trinajstić information content (AvgIpc) is 2.91. The molecule has 3 rings (SSSR count). The van der Waals surface area contributed by atoms with Crippen molar-refractivity contribution in [1.29, 1.82) is 0 Å². The maximum Gasteiger partial charge on any atom is 0.177 e. The number of nitrogens with zero attached hydrogens (tertiary/aromatic N) is 1.